The van der Waals surface area contributed by atoms with E-state index in [1.165, 1.54) is 0 Å². The Morgan fingerprint density at radius 2 is 1.94 bits per heavy atom. The molecule has 18 heavy (non-hydrogen) atoms. The van der Waals surface area contributed by atoms with Crippen LogP contribution < -0.4 is 9.47 Å². The molecule has 0 bridgehead atoms. The first-order chi connectivity index (χ1) is 8.80. The topological polar surface area (TPSA) is 47.9 Å². The van der Waals surface area contributed by atoms with E-state index in [4.69, 9.17) is 9.47 Å². The van der Waals surface area contributed by atoms with Gasteiger partial charge in [-0.3, -0.25) is 0 Å². The van der Waals surface area contributed by atoms with Crippen molar-refractivity contribution < 1.29 is 14.3 Å². The van der Waals surface area contributed by atoms with Crippen molar-refractivity contribution >= 4 is 16.9 Å². The number of aliphatic imine (C=N–C) groups is 1. The Bertz CT molecular complexity index is 610. The lowest BCUT2D eigenvalue weighted by Gasteiger charge is -2.11. The fraction of sp³-hybridized carbons (Fsp3) is 0.214. The third-order valence-corrected chi connectivity index (χ3v) is 2.82. The summed E-state index contributed by atoms with van der Waals surface area (Å²) in [5.41, 5.74) is 0.859. The van der Waals surface area contributed by atoms with E-state index >= 15 is 0 Å². The predicted octanol–water partition coefficient (Wildman–Crippen LogP) is 2.69. The molecule has 0 heterocycles. The zero-order valence-electron chi connectivity index (χ0n) is 10.3. The van der Waals surface area contributed by atoms with Crippen LogP contribution in [-0.2, 0) is 11.3 Å². The summed E-state index contributed by atoms with van der Waals surface area (Å²) in [5, 5.41) is 2.01. The average Bonchev–Trinajstić information content (AvgIpc) is 2.43. The molecule has 0 aliphatic heterocycles. The van der Waals surface area contributed by atoms with Crippen LogP contribution in [0.3, 0.4) is 0 Å². The van der Waals surface area contributed by atoms with Gasteiger partial charge in [0, 0.05) is 5.56 Å². The molecule has 0 amide bonds. The van der Waals surface area contributed by atoms with Crippen LogP contribution in [0, 0.1) is 0 Å². The van der Waals surface area contributed by atoms with E-state index in [1.54, 1.807) is 20.3 Å². The molecule has 2 aromatic rings. The first kappa shape index (κ1) is 12.1. The van der Waals surface area contributed by atoms with Gasteiger partial charge in [-0.1, -0.05) is 12.1 Å². The van der Waals surface area contributed by atoms with E-state index in [-0.39, 0.29) is 6.54 Å². The molecule has 0 atom stereocenters. The molecule has 0 aliphatic carbocycles. The van der Waals surface area contributed by atoms with Gasteiger partial charge >= 0.3 is 0 Å². The first-order valence-electron chi connectivity index (χ1n) is 5.47. The van der Waals surface area contributed by atoms with Gasteiger partial charge in [0.25, 0.3) is 0 Å². The highest BCUT2D eigenvalue weighted by Crippen LogP contribution is 2.31. The second kappa shape index (κ2) is 5.34. The van der Waals surface area contributed by atoms with E-state index in [2.05, 4.69) is 4.99 Å². The Hall–Kier alpha value is -2.32. The van der Waals surface area contributed by atoms with Gasteiger partial charge in [0.05, 0.1) is 20.8 Å². The van der Waals surface area contributed by atoms with Gasteiger partial charge in [0.1, 0.15) is 11.5 Å². The lowest BCUT2D eigenvalue weighted by molar-refractivity contribution is 0.410. The molecule has 4 nitrogen and oxygen atoms in total. The van der Waals surface area contributed by atoms with Crippen LogP contribution in [0.25, 0.3) is 10.8 Å². The van der Waals surface area contributed by atoms with E-state index < -0.39 is 0 Å². The highest BCUT2D eigenvalue weighted by molar-refractivity contribution is 5.89. The summed E-state index contributed by atoms with van der Waals surface area (Å²) in [7, 11) is 3.21. The molecule has 0 fully saturated rings. The molecule has 2 aromatic carbocycles. The van der Waals surface area contributed by atoms with Crippen LogP contribution in [0.1, 0.15) is 5.56 Å². The summed E-state index contributed by atoms with van der Waals surface area (Å²) < 4.78 is 10.5. The second-order valence-corrected chi connectivity index (χ2v) is 3.74. The van der Waals surface area contributed by atoms with Gasteiger partial charge in [0.2, 0.25) is 6.08 Å². The summed E-state index contributed by atoms with van der Waals surface area (Å²) in [5.74, 6) is 1.46. The molecule has 0 aromatic heterocycles. The van der Waals surface area contributed by atoms with E-state index in [9.17, 15) is 4.79 Å². The fourth-order valence-corrected chi connectivity index (χ4v) is 1.93. The van der Waals surface area contributed by atoms with E-state index in [0.717, 1.165) is 22.1 Å². The number of hydrogen-bond donors (Lipinski definition) is 0. The van der Waals surface area contributed by atoms with Crippen LogP contribution in [0.2, 0.25) is 0 Å². The number of nitrogens with zero attached hydrogens (tertiary/aromatic N) is 1. The van der Waals surface area contributed by atoms with Gasteiger partial charge in [-0.05, 0) is 29.0 Å². The van der Waals surface area contributed by atoms with Gasteiger partial charge in [-0.2, -0.15) is 0 Å². The Kier molecular flexibility index (Phi) is 3.60. The lowest BCUT2D eigenvalue weighted by atomic mass is 10.0. The van der Waals surface area contributed by atoms with Gasteiger partial charge < -0.3 is 9.47 Å². The fourth-order valence-electron chi connectivity index (χ4n) is 1.93. The van der Waals surface area contributed by atoms with Crippen LogP contribution in [0.5, 0.6) is 11.5 Å². The van der Waals surface area contributed by atoms with Gasteiger partial charge in [0.15, 0.2) is 0 Å². The predicted molar refractivity (Wildman–Crippen MR) is 68.9 cm³/mol. The SMILES string of the molecule is COc1ccc2ccc(OC)c(CN=C=O)c2c1. The minimum atomic E-state index is 0.247. The molecule has 4 heteroatoms. The quantitative estimate of drug-likeness (QED) is 0.612. The molecule has 2 rings (SSSR count). The highest BCUT2D eigenvalue weighted by atomic mass is 16.5. The normalized spacial score (nSPS) is 9.89. The standard InChI is InChI=1S/C14H13NO3/c1-17-11-5-3-10-4-6-14(18-2)13(8-15-9-16)12(10)7-11/h3-7H,8H2,1-2H3. The Morgan fingerprint density at radius 1 is 1.17 bits per heavy atom. The molecule has 0 spiro atoms. The monoisotopic (exact) mass is 243 g/mol. The number of ether oxygens (including phenoxy) is 2. The summed E-state index contributed by atoms with van der Waals surface area (Å²) in [6.07, 6.45) is 1.55. The molecule has 92 valence electrons. The Balaban J connectivity index is 2.68. The molecular formula is C14H13NO3. The van der Waals surface area contributed by atoms with Crippen molar-refractivity contribution in [3.05, 3.63) is 35.9 Å². The molecule has 0 saturated carbocycles. The third kappa shape index (κ3) is 2.19. The van der Waals surface area contributed by atoms with E-state index in [0.29, 0.717) is 5.75 Å². The second-order valence-electron chi connectivity index (χ2n) is 3.74. The van der Waals surface area contributed by atoms with Crippen molar-refractivity contribution in [2.24, 2.45) is 4.99 Å². The maximum Gasteiger partial charge on any atom is 0.235 e. The number of methoxy groups -OCH3 is 2. The number of rotatable bonds is 4. The Labute approximate surface area is 105 Å². The number of hydrogen-bond acceptors (Lipinski definition) is 4. The maximum absolute atomic E-state index is 10.3. The van der Waals surface area contributed by atoms with Crippen LogP contribution in [0.4, 0.5) is 0 Å². The molecule has 0 unspecified atom stereocenters. The summed E-state index contributed by atoms with van der Waals surface area (Å²) in [6.45, 7) is 0.247. The van der Waals surface area contributed by atoms with Crippen LogP contribution >= 0.6 is 0 Å². The zero-order chi connectivity index (χ0) is 13.0. The molecule has 0 aliphatic rings. The highest BCUT2D eigenvalue weighted by Gasteiger charge is 2.08. The van der Waals surface area contributed by atoms with Gasteiger partial charge in [-0.25, -0.2) is 9.79 Å². The Morgan fingerprint density at radius 3 is 2.61 bits per heavy atom. The van der Waals surface area contributed by atoms with Crippen LogP contribution in [0.15, 0.2) is 35.3 Å². The molecule has 0 radical (unpaired) electrons. The largest absolute Gasteiger partial charge is 0.497 e. The lowest BCUT2D eigenvalue weighted by Crippen LogP contribution is -1.93. The number of fused-ring (bicyclic) bond motifs is 1. The maximum atomic E-state index is 10.3. The molecule has 0 saturated heterocycles. The van der Waals surface area contributed by atoms with Crippen LogP contribution in [-0.4, -0.2) is 20.3 Å². The van der Waals surface area contributed by atoms with E-state index in [1.807, 2.05) is 30.3 Å². The number of carbonyl (C=O) groups excluding carboxylic acids is 1. The van der Waals surface area contributed by atoms with Gasteiger partial charge in [-0.15, -0.1) is 0 Å². The minimum absolute atomic E-state index is 0.247. The third-order valence-electron chi connectivity index (χ3n) is 2.82. The number of benzene rings is 2. The summed E-state index contributed by atoms with van der Waals surface area (Å²) >= 11 is 0. The minimum Gasteiger partial charge on any atom is -0.497 e. The van der Waals surface area contributed by atoms with Crippen molar-refractivity contribution in [1.82, 2.24) is 0 Å². The van der Waals surface area contributed by atoms with Crippen molar-refractivity contribution in [1.29, 1.82) is 0 Å². The zero-order valence-corrected chi connectivity index (χ0v) is 10.3. The first-order valence-corrected chi connectivity index (χ1v) is 5.47. The average molecular weight is 243 g/mol. The van der Waals surface area contributed by atoms with Crippen molar-refractivity contribution in [2.75, 3.05) is 14.2 Å². The summed E-state index contributed by atoms with van der Waals surface area (Å²) in [4.78, 5) is 13.9. The van der Waals surface area contributed by atoms with Crippen molar-refractivity contribution in [3.8, 4) is 11.5 Å². The molecular weight excluding hydrogens is 230 g/mol. The smallest absolute Gasteiger partial charge is 0.235 e. The molecule has 0 N–H and O–H groups in total. The summed E-state index contributed by atoms with van der Waals surface area (Å²) in [6, 6.07) is 9.59. The number of isocyanates is 1. The van der Waals surface area contributed by atoms with Crippen molar-refractivity contribution in [3.63, 3.8) is 0 Å². The van der Waals surface area contributed by atoms with Crippen molar-refractivity contribution in [2.45, 2.75) is 6.54 Å².